The third-order valence-corrected chi connectivity index (χ3v) is 3.80. The van der Waals surface area contributed by atoms with E-state index in [4.69, 9.17) is 4.74 Å². The van der Waals surface area contributed by atoms with Gasteiger partial charge in [0.15, 0.2) is 0 Å². The minimum absolute atomic E-state index is 0.135. The lowest BCUT2D eigenvalue weighted by Crippen LogP contribution is -2.51. The van der Waals surface area contributed by atoms with Crippen molar-refractivity contribution in [2.75, 3.05) is 0 Å². The van der Waals surface area contributed by atoms with Crippen molar-refractivity contribution in [2.24, 2.45) is 4.99 Å². The Morgan fingerprint density at radius 1 is 1.00 bits per heavy atom. The van der Waals surface area contributed by atoms with Gasteiger partial charge in [0.05, 0.1) is 0 Å². The molecule has 25 heavy (non-hydrogen) atoms. The Labute approximate surface area is 145 Å². The molecule has 6 heteroatoms. The Morgan fingerprint density at radius 2 is 1.68 bits per heavy atom. The number of nitrogens with one attached hydrogen (secondary N) is 2. The molecule has 128 valence electrons. The molecule has 0 radical (unpaired) electrons. The number of esters is 1. The van der Waals surface area contributed by atoms with E-state index in [0.717, 1.165) is 11.1 Å². The number of rotatable bonds is 6. The molecule has 0 saturated carbocycles. The van der Waals surface area contributed by atoms with Crippen LogP contribution in [0.3, 0.4) is 0 Å². The maximum atomic E-state index is 11.9. The van der Waals surface area contributed by atoms with Crippen molar-refractivity contribution >= 4 is 17.7 Å². The van der Waals surface area contributed by atoms with E-state index in [1.807, 2.05) is 60.7 Å². The lowest BCUT2D eigenvalue weighted by atomic mass is 10.1. The summed E-state index contributed by atoms with van der Waals surface area (Å²) in [7, 11) is 0. The second-order valence-corrected chi connectivity index (χ2v) is 5.66. The first-order valence-electron chi connectivity index (χ1n) is 8.11. The number of carbonyl (C=O) groups excluding carboxylic acids is 2. The van der Waals surface area contributed by atoms with E-state index in [2.05, 4.69) is 15.8 Å². The molecule has 0 saturated heterocycles. The number of carbonyl (C=O) groups is 2. The zero-order valence-corrected chi connectivity index (χ0v) is 13.6. The summed E-state index contributed by atoms with van der Waals surface area (Å²) in [6.07, 6.45) is 0.438. The van der Waals surface area contributed by atoms with Crippen molar-refractivity contribution in [1.29, 1.82) is 0 Å². The second-order valence-electron chi connectivity index (χ2n) is 5.66. The highest BCUT2D eigenvalue weighted by Crippen LogP contribution is 2.11. The largest absolute Gasteiger partial charge is 0.461 e. The van der Waals surface area contributed by atoms with Crippen molar-refractivity contribution in [3.05, 3.63) is 71.8 Å². The summed E-state index contributed by atoms with van der Waals surface area (Å²) in [5.74, 6) is -0.00922. The number of benzene rings is 2. The topological polar surface area (TPSA) is 79.8 Å². The molecular weight excluding hydrogens is 318 g/mol. The molecule has 2 aromatic carbocycles. The van der Waals surface area contributed by atoms with Crippen LogP contribution in [0.5, 0.6) is 0 Å². The molecule has 2 N–H and O–H groups in total. The monoisotopic (exact) mass is 337 g/mol. The van der Waals surface area contributed by atoms with E-state index >= 15 is 0 Å². The van der Waals surface area contributed by atoms with Crippen LogP contribution in [0.4, 0.5) is 0 Å². The van der Waals surface area contributed by atoms with Gasteiger partial charge in [-0.05, 0) is 12.0 Å². The van der Waals surface area contributed by atoms with Crippen LogP contribution in [-0.2, 0) is 20.9 Å². The number of hydrazine groups is 1. The highest BCUT2D eigenvalue weighted by atomic mass is 16.5. The van der Waals surface area contributed by atoms with Gasteiger partial charge in [-0.15, -0.1) is 0 Å². The lowest BCUT2D eigenvalue weighted by molar-refractivity contribution is -0.145. The maximum absolute atomic E-state index is 11.9. The average Bonchev–Trinajstić information content (AvgIpc) is 2.67. The summed E-state index contributed by atoms with van der Waals surface area (Å²) in [4.78, 5) is 28.2. The fraction of sp³-hybridized carbons (Fsp3) is 0.211. The van der Waals surface area contributed by atoms with E-state index in [9.17, 15) is 9.59 Å². The Balaban J connectivity index is 1.54. The molecule has 1 atom stereocenters. The number of ether oxygens (including phenoxy) is 1. The van der Waals surface area contributed by atoms with E-state index in [0.29, 0.717) is 12.3 Å². The second kappa shape index (κ2) is 8.10. The summed E-state index contributed by atoms with van der Waals surface area (Å²) >= 11 is 0. The zero-order valence-electron chi connectivity index (χ0n) is 13.6. The van der Waals surface area contributed by atoms with Crippen LogP contribution in [0.15, 0.2) is 65.7 Å². The van der Waals surface area contributed by atoms with Gasteiger partial charge in [-0.1, -0.05) is 60.7 Å². The Bertz CT molecular complexity index is 760. The quantitative estimate of drug-likeness (QED) is 0.790. The van der Waals surface area contributed by atoms with Gasteiger partial charge in [0.2, 0.25) is 0 Å². The Morgan fingerprint density at radius 3 is 2.40 bits per heavy atom. The first-order valence-corrected chi connectivity index (χ1v) is 8.11. The number of amides is 1. The van der Waals surface area contributed by atoms with Crippen LogP contribution < -0.4 is 10.9 Å². The van der Waals surface area contributed by atoms with E-state index < -0.39 is 6.04 Å². The molecule has 3 rings (SSSR count). The van der Waals surface area contributed by atoms with E-state index in [1.165, 1.54) is 0 Å². The minimum atomic E-state index is -0.610. The third-order valence-electron chi connectivity index (χ3n) is 3.80. The number of aliphatic imine (C=N–C) groups is 1. The van der Waals surface area contributed by atoms with Gasteiger partial charge in [-0.25, -0.2) is 0 Å². The van der Waals surface area contributed by atoms with Crippen LogP contribution in [0.1, 0.15) is 24.0 Å². The molecule has 0 bridgehead atoms. The highest BCUT2D eigenvalue weighted by Gasteiger charge is 2.24. The predicted octanol–water partition coefficient (Wildman–Crippen LogP) is 1.96. The molecule has 1 heterocycles. The molecule has 2 aromatic rings. The number of hydrogen-bond acceptors (Lipinski definition) is 5. The molecule has 0 aliphatic carbocycles. The summed E-state index contributed by atoms with van der Waals surface area (Å²) < 4.78 is 5.23. The SMILES string of the molecule is O=C(CCC1N=C(c2ccccc2)NNC1=O)OCc1ccccc1. The van der Waals surface area contributed by atoms with Gasteiger partial charge in [0, 0.05) is 12.0 Å². The van der Waals surface area contributed by atoms with Gasteiger partial charge in [-0.2, -0.15) is 0 Å². The lowest BCUT2D eigenvalue weighted by Gasteiger charge is -2.22. The molecule has 6 nitrogen and oxygen atoms in total. The van der Waals surface area contributed by atoms with Gasteiger partial charge < -0.3 is 4.74 Å². The zero-order chi connectivity index (χ0) is 17.5. The summed E-state index contributed by atoms with van der Waals surface area (Å²) in [5.41, 5.74) is 7.18. The average molecular weight is 337 g/mol. The molecule has 0 aromatic heterocycles. The van der Waals surface area contributed by atoms with E-state index in [1.54, 1.807) is 0 Å². The Kier molecular flexibility index (Phi) is 5.41. The van der Waals surface area contributed by atoms with E-state index in [-0.39, 0.29) is 24.9 Å². The molecule has 1 unspecified atom stereocenters. The first kappa shape index (κ1) is 16.7. The Hall–Kier alpha value is -3.15. The van der Waals surface area contributed by atoms with Gasteiger partial charge >= 0.3 is 5.97 Å². The van der Waals surface area contributed by atoms with Crippen molar-refractivity contribution in [3.8, 4) is 0 Å². The van der Waals surface area contributed by atoms with Crippen LogP contribution >= 0.6 is 0 Å². The maximum Gasteiger partial charge on any atom is 0.306 e. The molecular formula is C19H19N3O3. The van der Waals surface area contributed by atoms with Crippen molar-refractivity contribution in [3.63, 3.8) is 0 Å². The molecule has 0 spiro atoms. The fourth-order valence-corrected chi connectivity index (χ4v) is 2.45. The smallest absolute Gasteiger partial charge is 0.306 e. The molecule has 1 aliphatic rings. The number of nitrogens with zero attached hydrogens (tertiary/aromatic N) is 1. The predicted molar refractivity (Wildman–Crippen MR) is 93.5 cm³/mol. The standard InChI is InChI=1S/C19H19N3O3/c23-17(25-13-14-7-3-1-4-8-14)12-11-16-19(24)22-21-18(20-16)15-9-5-2-6-10-15/h1-10,16H,11-13H2,(H,20,21)(H,22,24). The number of amidine groups is 1. The van der Waals surface area contributed by atoms with Crippen molar-refractivity contribution < 1.29 is 14.3 Å². The van der Waals surface area contributed by atoms with Crippen molar-refractivity contribution in [1.82, 2.24) is 10.9 Å². The van der Waals surface area contributed by atoms with Crippen LogP contribution in [0.2, 0.25) is 0 Å². The highest BCUT2D eigenvalue weighted by molar-refractivity contribution is 6.03. The molecule has 1 amide bonds. The van der Waals surface area contributed by atoms with Crippen LogP contribution in [-0.4, -0.2) is 23.8 Å². The van der Waals surface area contributed by atoms with Crippen LogP contribution in [0.25, 0.3) is 0 Å². The normalized spacial score (nSPS) is 16.4. The summed E-state index contributed by atoms with van der Waals surface area (Å²) in [6.45, 7) is 0.233. The third kappa shape index (κ3) is 4.67. The van der Waals surface area contributed by atoms with Gasteiger partial charge in [0.1, 0.15) is 18.5 Å². The molecule has 1 aliphatic heterocycles. The van der Waals surface area contributed by atoms with Crippen LogP contribution in [0, 0.1) is 0 Å². The molecule has 0 fully saturated rings. The van der Waals surface area contributed by atoms with Crippen molar-refractivity contribution in [2.45, 2.75) is 25.5 Å². The van der Waals surface area contributed by atoms with Gasteiger partial charge in [-0.3, -0.25) is 25.4 Å². The number of hydrogen-bond donors (Lipinski definition) is 2. The summed E-state index contributed by atoms with van der Waals surface area (Å²) in [5, 5.41) is 0. The summed E-state index contributed by atoms with van der Waals surface area (Å²) in [6, 6.07) is 18.4. The minimum Gasteiger partial charge on any atom is -0.461 e. The first-order chi connectivity index (χ1) is 12.2. The fourth-order valence-electron chi connectivity index (χ4n) is 2.45. The van der Waals surface area contributed by atoms with Gasteiger partial charge in [0.25, 0.3) is 5.91 Å².